The SMILES string of the molecule is CS(=O)(=O)NCc1cc(F)cc(-c2cncc3[nH]c(-c4n[nH]c5cnc(-c6cncc(NC(=O)c7ccccc7)c6)cc45)nc23)c1. The molecule has 0 spiro atoms. The Labute approximate surface area is 261 Å². The van der Waals surface area contributed by atoms with Gasteiger partial charge in [-0.2, -0.15) is 5.10 Å². The molecule has 0 bridgehead atoms. The van der Waals surface area contributed by atoms with Crippen LogP contribution in [-0.2, 0) is 16.6 Å². The van der Waals surface area contributed by atoms with Gasteiger partial charge in [0.1, 0.15) is 11.5 Å². The first kappa shape index (κ1) is 28.9. The summed E-state index contributed by atoms with van der Waals surface area (Å²) in [5.41, 5.74) is 6.17. The number of aromatic nitrogens is 7. The Bertz CT molecular complexity index is 2370. The normalized spacial score (nSPS) is 11.7. The third-order valence-corrected chi connectivity index (χ3v) is 7.87. The lowest BCUT2D eigenvalue weighted by molar-refractivity contribution is 0.102. The van der Waals surface area contributed by atoms with Gasteiger partial charge in [-0.25, -0.2) is 22.5 Å². The van der Waals surface area contributed by atoms with E-state index < -0.39 is 15.8 Å². The van der Waals surface area contributed by atoms with Crippen LogP contribution in [0.2, 0.25) is 0 Å². The zero-order chi connectivity index (χ0) is 31.8. The number of carbonyl (C=O) groups is 1. The molecular formula is C32H24FN9O3S. The molecule has 14 heteroatoms. The fraction of sp³-hybridized carbons (Fsp3) is 0.0625. The summed E-state index contributed by atoms with van der Waals surface area (Å²) < 4.78 is 40.1. The predicted molar refractivity (Wildman–Crippen MR) is 171 cm³/mol. The average molecular weight is 634 g/mol. The zero-order valence-electron chi connectivity index (χ0n) is 24.1. The van der Waals surface area contributed by atoms with Gasteiger partial charge < -0.3 is 10.3 Å². The van der Waals surface area contributed by atoms with Crippen molar-refractivity contribution in [3.05, 3.63) is 109 Å². The molecule has 0 saturated carbocycles. The zero-order valence-corrected chi connectivity index (χ0v) is 24.9. The summed E-state index contributed by atoms with van der Waals surface area (Å²) in [6, 6.07) is 16.9. The number of rotatable bonds is 8. The minimum atomic E-state index is -3.46. The molecule has 0 fully saturated rings. The van der Waals surface area contributed by atoms with E-state index in [1.54, 1.807) is 67.4 Å². The van der Waals surface area contributed by atoms with Gasteiger partial charge in [-0.1, -0.05) is 18.2 Å². The predicted octanol–water partition coefficient (Wildman–Crippen LogP) is 5.07. The Balaban J connectivity index is 1.22. The second kappa shape index (κ2) is 11.6. The minimum absolute atomic E-state index is 0.0632. The molecule has 46 heavy (non-hydrogen) atoms. The van der Waals surface area contributed by atoms with Crippen LogP contribution in [0.25, 0.3) is 55.8 Å². The second-order valence-electron chi connectivity index (χ2n) is 10.6. The molecule has 0 unspecified atom stereocenters. The van der Waals surface area contributed by atoms with Crippen LogP contribution in [0.3, 0.4) is 0 Å². The number of imidazole rings is 1. The number of nitrogens with zero attached hydrogens (tertiary/aromatic N) is 5. The molecule has 1 amide bonds. The standard InChI is InChI=1S/C32H24FN9O3S/c1-46(44,45)37-12-18-7-20(9-22(33)8-18)25-15-35-16-28-29(25)40-31(39-28)30-24-11-26(36-17-27(24)41-42-30)21-10-23(14-34-13-21)38-32(43)19-5-3-2-4-6-19/h2-11,13-17,37H,12H2,1H3,(H,38,43)(H,39,40)(H,41,42). The van der Waals surface area contributed by atoms with E-state index in [2.05, 4.69) is 40.2 Å². The summed E-state index contributed by atoms with van der Waals surface area (Å²) in [4.78, 5) is 33.9. The third kappa shape index (κ3) is 5.94. The maximum Gasteiger partial charge on any atom is 0.255 e. The smallest absolute Gasteiger partial charge is 0.255 e. The second-order valence-corrected chi connectivity index (χ2v) is 12.4. The van der Waals surface area contributed by atoms with Crippen molar-refractivity contribution in [3.8, 4) is 33.9 Å². The van der Waals surface area contributed by atoms with Crippen molar-refractivity contribution in [3.63, 3.8) is 0 Å². The number of pyridine rings is 3. The Kier molecular flexibility index (Phi) is 7.27. The molecule has 12 nitrogen and oxygen atoms in total. The first-order valence-electron chi connectivity index (χ1n) is 13.9. The molecule has 228 valence electrons. The van der Waals surface area contributed by atoms with Crippen LogP contribution in [0.15, 0.2) is 91.6 Å². The number of nitrogens with one attached hydrogen (secondary N) is 4. The first-order chi connectivity index (χ1) is 22.2. The minimum Gasteiger partial charge on any atom is -0.335 e. The van der Waals surface area contributed by atoms with Crippen LogP contribution in [0.4, 0.5) is 10.1 Å². The van der Waals surface area contributed by atoms with Gasteiger partial charge in [-0.15, -0.1) is 0 Å². The van der Waals surface area contributed by atoms with Gasteiger partial charge in [0.2, 0.25) is 10.0 Å². The largest absolute Gasteiger partial charge is 0.335 e. The lowest BCUT2D eigenvalue weighted by Gasteiger charge is -2.07. The molecule has 0 aliphatic rings. The highest BCUT2D eigenvalue weighted by molar-refractivity contribution is 7.88. The van der Waals surface area contributed by atoms with Gasteiger partial charge >= 0.3 is 0 Å². The number of fused-ring (bicyclic) bond motifs is 2. The molecule has 0 atom stereocenters. The number of carbonyl (C=O) groups excluding carboxylic acids is 1. The van der Waals surface area contributed by atoms with Crippen LogP contribution in [0, 0.1) is 5.82 Å². The summed E-state index contributed by atoms with van der Waals surface area (Å²) in [7, 11) is -3.46. The highest BCUT2D eigenvalue weighted by Crippen LogP contribution is 2.33. The number of anilines is 1. The number of H-pyrrole nitrogens is 2. The molecular weight excluding hydrogens is 609 g/mol. The van der Waals surface area contributed by atoms with Gasteiger partial charge in [-0.3, -0.25) is 24.8 Å². The van der Waals surface area contributed by atoms with Crippen LogP contribution in [-0.4, -0.2) is 55.7 Å². The number of halogens is 1. The highest BCUT2D eigenvalue weighted by Gasteiger charge is 2.18. The van der Waals surface area contributed by atoms with Crippen LogP contribution in [0.5, 0.6) is 0 Å². The van der Waals surface area contributed by atoms with Gasteiger partial charge in [0.15, 0.2) is 5.82 Å². The van der Waals surface area contributed by atoms with Crippen LogP contribution in [0.1, 0.15) is 15.9 Å². The number of aromatic amines is 2. The Morgan fingerprint density at radius 3 is 2.57 bits per heavy atom. The molecule has 0 aliphatic carbocycles. The van der Waals surface area contributed by atoms with Crippen molar-refractivity contribution in [2.75, 3.05) is 11.6 Å². The number of benzene rings is 2. The van der Waals surface area contributed by atoms with Gasteiger partial charge in [-0.05, 0) is 53.6 Å². The maximum absolute atomic E-state index is 14.6. The fourth-order valence-corrected chi connectivity index (χ4v) is 5.50. The van der Waals surface area contributed by atoms with Crippen molar-refractivity contribution in [2.45, 2.75) is 6.54 Å². The Morgan fingerprint density at radius 1 is 0.913 bits per heavy atom. The molecule has 5 aromatic heterocycles. The van der Waals surface area contributed by atoms with E-state index in [0.29, 0.717) is 67.3 Å². The number of hydrogen-bond donors (Lipinski definition) is 4. The monoisotopic (exact) mass is 633 g/mol. The lowest BCUT2D eigenvalue weighted by Crippen LogP contribution is -2.21. The summed E-state index contributed by atoms with van der Waals surface area (Å²) in [5, 5.41) is 11.1. The quantitative estimate of drug-likeness (QED) is 0.180. The number of sulfonamides is 1. The van der Waals surface area contributed by atoms with E-state index >= 15 is 0 Å². The van der Waals surface area contributed by atoms with Crippen molar-refractivity contribution in [2.24, 2.45) is 0 Å². The first-order valence-corrected chi connectivity index (χ1v) is 15.8. The van der Waals surface area contributed by atoms with Gasteiger partial charge in [0, 0.05) is 41.0 Å². The summed E-state index contributed by atoms with van der Waals surface area (Å²) in [6.45, 7) is -0.0632. The van der Waals surface area contributed by atoms with Crippen LogP contribution < -0.4 is 10.0 Å². The molecule has 0 aliphatic heterocycles. The number of hydrogen-bond acceptors (Lipinski definition) is 8. The third-order valence-electron chi connectivity index (χ3n) is 7.20. The Hall–Kier alpha value is -5.86. The van der Waals surface area contributed by atoms with Gasteiger partial charge in [0.05, 0.1) is 52.8 Å². The van der Waals surface area contributed by atoms with Crippen molar-refractivity contribution in [1.82, 2.24) is 39.8 Å². The molecule has 5 heterocycles. The fourth-order valence-electron chi connectivity index (χ4n) is 5.08. The van der Waals surface area contributed by atoms with E-state index in [-0.39, 0.29) is 12.5 Å². The molecule has 4 N–H and O–H groups in total. The summed E-state index contributed by atoms with van der Waals surface area (Å²) in [5.74, 6) is -0.323. The van der Waals surface area contributed by atoms with Gasteiger partial charge in [0.25, 0.3) is 5.91 Å². The molecule has 7 rings (SSSR count). The molecule has 2 aromatic carbocycles. The average Bonchev–Trinajstić information content (AvgIpc) is 3.68. The van der Waals surface area contributed by atoms with E-state index in [4.69, 9.17) is 4.98 Å². The topological polar surface area (TPSA) is 171 Å². The molecule has 7 aromatic rings. The molecule has 0 radical (unpaired) electrons. The van der Waals surface area contributed by atoms with E-state index in [9.17, 15) is 17.6 Å². The molecule has 0 saturated heterocycles. The highest BCUT2D eigenvalue weighted by atomic mass is 32.2. The van der Waals surface area contributed by atoms with Crippen molar-refractivity contribution in [1.29, 1.82) is 0 Å². The lowest BCUT2D eigenvalue weighted by atomic mass is 10.0. The van der Waals surface area contributed by atoms with Crippen molar-refractivity contribution >= 4 is 43.6 Å². The van der Waals surface area contributed by atoms with E-state index in [1.807, 2.05) is 12.1 Å². The van der Waals surface area contributed by atoms with E-state index in [1.165, 1.54) is 12.1 Å². The van der Waals surface area contributed by atoms with Crippen molar-refractivity contribution < 1.29 is 17.6 Å². The summed E-state index contributed by atoms with van der Waals surface area (Å²) >= 11 is 0. The van der Waals surface area contributed by atoms with Crippen LogP contribution >= 0.6 is 0 Å². The summed E-state index contributed by atoms with van der Waals surface area (Å²) in [6.07, 6.45) is 9.12. The van der Waals surface area contributed by atoms with E-state index in [0.717, 1.165) is 11.6 Å². The number of amides is 1. The maximum atomic E-state index is 14.6. The Morgan fingerprint density at radius 2 is 1.74 bits per heavy atom.